The number of nitrogens with one attached hydrogen (secondary N) is 2. The Hall–Kier alpha value is -3.79. The lowest BCUT2D eigenvalue weighted by molar-refractivity contribution is -0.383. The maximum absolute atomic E-state index is 12.4. The summed E-state index contributed by atoms with van der Waals surface area (Å²) in [5, 5.41) is 21.0. The summed E-state index contributed by atoms with van der Waals surface area (Å²) in [5.74, 6) is -0.388. The van der Waals surface area contributed by atoms with Crippen LogP contribution in [0, 0.1) is 10.1 Å². The highest BCUT2D eigenvalue weighted by atomic mass is 35.5. The van der Waals surface area contributed by atoms with Gasteiger partial charge >= 0.3 is 0 Å². The molecule has 2 N–H and O–H groups in total. The highest BCUT2D eigenvalue weighted by molar-refractivity contribution is 6.30. The van der Waals surface area contributed by atoms with E-state index in [1.807, 2.05) is 0 Å². The number of carbonyl (C=O) groups excluding carboxylic acids is 2. The second kappa shape index (κ2) is 7.32. The van der Waals surface area contributed by atoms with Gasteiger partial charge in [-0.2, -0.15) is 4.98 Å². The van der Waals surface area contributed by atoms with Gasteiger partial charge in [-0.1, -0.05) is 23.7 Å². The maximum atomic E-state index is 12.4. The van der Waals surface area contributed by atoms with Crippen molar-refractivity contribution in [1.82, 2.24) is 14.8 Å². The number of anilines is 2. The van der Waals surface area contributed by atoms with Gasteiger partial charge in [0.1, 0.15) is 11.7 Å². The normalized spacial score (nSPS) is 14.9. The minimum Gasteiger partial charge on any atom is -0.320 e. The number of benzene rings is 2. The van der Waals surface area contributed by atoms with Gasteiger partial charge in [0.2, 0.25) is 11.9 Å². The molecule has 1 atom stereocenters. The number of amides is 2. The van der Waals surface area contributed by atoms with E-state index in [1.54, 1.807) is 30.3 Å². The van der Waals surface area contributed by atoms with Crippen molar-refractivity contribution in [2.24, 2.45) is 0 Å². The number of halogens is 1. The highest BCUT2D eigenvalue weighted by Crippen LogP contribution is 2.30. The van der Waals surface area contributed by atoms with E-state index in [9.17, 15) is 19.7 Å². The molecule has 10 nitrogen and oxygen atoms in total. The van der Waals surface area contributed by atoms with Crippen LogP contribution in [0.4, 0.5) is 17.3 Å². The van der Waals surface area contributed by atoms with Crippen molar-refractivity contribution in [1.29, 1.82) is 0 Å². The minimum atomic E-state index is -0.915. The van der Waals surface area contributed by atoms with Gasteiger partial charge in [-0.15, -0.1) is 5.10 Å². The molecule has 2 amide bonds. The van der Waals surface area contributed by atoms with Crippen LogP contribution in [0.1, 0.15) is 12.5 Å². The average molecular weight is 413 g/mol. The van der Waals surface area contributed by atoms with E-state index in [-0.39, 0.29) is 23.7 Å². The summed E-state index contributed by atoms with van der Waals surface area (Å²) in [6.45, 7) is 0. The third kappa shape index (κ3) is 3.65. The number of aromatic nitrogens is 3. The molecule has 0 saturated heterocycles. The first-order valence-electron chi connectivity index (χ1n) is 8.49. The number of para-hydroxylation sites is 2. The predicted octanol–water partition coefficient (Wildman–Crippen LogP) is 3.03. The molecule has 2 heterocycles. The zero-order chi connectivity index (χ0) is 20.5. The zero-order valence-corrected chi connectivity index (χ0v) is 15.5. The molecule has 0 saturated carbocycles. The summed E-state index contributed by atoms with van der Waals surface area (Å²) >= 11 is 5.88. The number of carbonyl (C=O) groups is 2. The number of nitro benzene ring substituents is 1. The van der Waals surface area contributed by atoms with Gasteiger partial charge in [0.15, 0.2) is 5.82 Å². The maximum Gasteiger partial charge on any atom is 0.292 e. The molecule has 11 heteroatoms. The molecule has 2 aromatic carbocycles. The van der Waals surface area contributed by atoms with E-state index < -0.39 is 22.8 Å². The predicted molar refractivity (Wildman–Crippen MR) is 104 cm³/mol. The van der Waals surface area contributed by atoms with E-state index in [4.69, 9.17) is 11.6 Å². The molecule has 3 aromatic rings. The van der Waals surface area contributed by atoms with Crippen LogP contribution in [0.3, 0.4) is 0 Å². The molecule has 0 aliphatic carbocycles. The highest BCUT2D eigenvalue weighted by Gasteiger charge is 2.35. The Morgan fingerprint density at radius 3 is 2.69 bits per heavy atom. The molecular formula is C18H13ClN6O4. The standard InChI is InChI=1S/C18H13ClN6O4/c19-11-7-5-10(6-8-11)16-21-18-22-17(27)14(24(18)23-16)9-15(26)20-12-3-1-2-4-13(12)25(28)29/h1-8,14H,9H2,(H,20,26)(H,21,22,23,27)/t14-/m1/s1. The van der Waals surface area contributed by atoms with E-state index in [2.05, 4.69) is 20.7 Å². The van der Waals surface area contributed by atoms with Gasteiger partial charge in [0, 0.05) is 16.7 Å². The lowest BCUT2D eigenvalue weighted by atomic mass is 10.2. The van der Waals surface area contributed by atoms with Crippen molar-refractivity contribution in [3.63, 3.8) is 0 Å². The van der Waals surface area contributed by atoms with Gasteiger partial charge in [0.25, 0.3) is 11.6 Å². The Kier molecular flexibility index (Phi) is 4.69. The minimum absolute atomic E-state index is 0.0570. The summed E-state index contributed by atoms with van der Waals surface area (Å²) in [6.07, 6.45) is -0.256. The molecule has 4 rings (SSSR count). The Labute approximate surface area is 168 Å². The lowest BCUT2D eigenvalue weighted by Crippen LogP contribution is -2.24. The quantitative estimate of drug-likeness (QED) is 0.489. The molecule has 0 unspecified atom stereocenters. The number of rotatable bonds is 5. The Morgan fingerprint density at radius 1 is 1.24 bits per heavy atom. The van der Waals surface area contributed by atoms with E-state index in [1.165, 1.54) is 22.9 Å². The Bertz CT molecular complexity index is 1130. The SMILES string of the molecule is O=C(C[C@@H]1C(=O)Nc2nc(-c3ccc(Cl)cc3)nn21)Nc1ccccc1[N+](=O)[O-]. The first-order chi connectivity index (χ1) is 13.9. The molecular weight excluding hydrogens is 400 g/mol. The van der Waals surface area contributed by atoms with E-state index in [0.29, 0.717) is 16.4 Å². The van der Waals surface area contributed by atoms with Crippen molar-refractivity contribution in [2.45, 2.75) is 12.5 Å². The summed E-state index contributed by atoms with van der Waals surface area (Å²) in [7, 11) is 0. The summed E-state index contributed by atoms with van der Waals surface area (Å²) in [5.41, 5.74) is 0.526. The van der Waals surface area contributed by atoms with Gasteiger partial charge in [-0.3, -0.25) is 25.0 Å². The summed E-state index contributed by atoms with van der Waals surface area (Å²) in [6, 6.07) is 11.7. The van der Waals surface area contributed by atoms with Gasteiger partial charge in [-0.25, -0.2) is 4.68 Å². The molecule has 1 aromatic heterocycles. The molecule has 1 aliphatic rings. The number of nitrogens with zero attached hydrogens (tertiary/aromatic N) is 4. The smallest absolute Gasteiger partial charge is 0.292 e. The molecule has 146 valence electrons. The lowest BCUT2D eigenvalue weighted by Gasteiger charge is -2.10. The number of hydrogen-bond acceptors (Lipinski definition) is 6. The van der Waals surface area contributed by atoms with Crippen LogP contribution >= 0.6 is 11.6 Å². The van der Waals surface area contributed by atoms with Crippen molar-refractivity contribution in [3.8, 4) is 11.4 Å². The van der Waals surface area contributed by atoms with Crippen LogP contribution in [0.5, 0.6) is 0 Å². The van der Waals surface area contributed by atoms with Crippen molar-refractivity contribution >= 4 is 40.7 Å². The van der Waals surface area contributed by atoms with Crippen molar-refractivity contribution in [3.05, 3.63) is 63.7 Å². The first-order valence-corrected chi connectivity index (χ1v) is 8.87. The van der Waals surface area contributed by atoms with Crippen LogP contribution in [-0.2, 0) is 9.59 Å². The Morgan fingerprint density at radius 2 is 1.97 bits per heavy atom. The summed E-state index contributed by atoms with van der Waals surface area (Å²) in [4.78, 5) is 39.4. The zero-order valence-electron chi connectivity index (χ0n) is 14.7. The second-order valence-corrected chi connectivity index (χ2v) is 6.68. The van der Waals surface area contributed by atoms with Crippen LogP contribution in [0.25, 0.3) is 11.4 Å². The molecule has 29 heavy (non-hydrogen) atoms. The monoisotopic (exact) mass is 412 g/mol. The summed E-state index contributed by atoms with van der Waals surface area (Å²) < 4.78 is 1.34. The van der Waals surface area contributed by atoms with Gasteiger partial charge in [0.05, 0.1) is 11.3 Å². The third-order valence-electron chi connectivity index (χ3n) is 4.32. The molecule has 1 aliphatic heterocycles. The van der Waals surface area contributed by atoms with Crippen LogP contribution < -0.4 is 10.6 Å². The number of nitro groups is 1. The largest absolute Gasteiger partial charge is 0.320 e. The van der Waals surface area contributed by atoms with Crippen molar-refractivity contribution < 1.29 is 14.5 Å². The number of fused-ring (bicyclic) bond motifs is 1. The number of hydrogen-bond donors (Lipinski definition) is 2. The van der Waals surface area contributed by atoms with Gasteiger partial charge in [-0.05, 0) is 30.3 Å². The van der Waals surface area contributed by atoms with Gasteiger partial charge < -0.3 is 5.32 Å². The van der Waals surface area contributed by atoms with E-state index >= 15 is 0 Å². The van der Waals surface area contributed by atoms with E-state index in [0.717, 1.165) is 0 Å². The topological polar surface area (TPSA) is 132 Å². The third-order valence-corrected chi connectivity index (χ3v) is 4.57. The molecule has 0 radical (unpaired) electrons. The van der Waals surface area contributed by atoms with Crippen molar-refractivity contribution in [2.75, 3.05) is 10.6 Å². The fourth-order valence-corrected chi connectivity index (χ4v) is 3.07. The van der Waals surface area contributed by atoms with Crippen LogP contribution in [0.2, 0.25) is 5.02 Å². The second-order valence-electron chi connectivity index (χ2n) is 6.24. The fourth-order valence-electron chi connectivity index (χ4n) is 2.95. The molecule has 0 fully saturated rings. The molecule has 0 spiro atoms. The van der Waals surface area contributed by atoms with Crippen LogP contribution in [0.15, 0.2) is 48.5 Å². The average Bonchev–Trinajstić information content (AvgIpc) is 3.21. The van der Waals surface area contributed by atoms with Crippen LogP contribution in [-0.4, -0.2) is 31.5 Å². The molecule has 0 bridgehead atoms. The fraction of sp³-hybridized carbons (Fsp3) is 0.111. The first kappa shape index (κ1) is 18.6. The Balaban J connectivity index is 1.53.